The molecule has 0 bridgehead atoms. The van der Waals surface area contributed by atoms with Gasteiger partial charge in [0, 0.05) is 38.0 Å². The van der Waals surface area contributed by atoms with E-state index in [-0.39, 0.29) is 12.0 Å². The largest absolute Gasteiger partial charge is 0.368 e. The minimum Gasteiger partial charge on any atom is -0.368 e. The SMILES string of the molecule is CC(C)c1nccn1[C@@H]1CCCN(C(=O)[C@@H]2CCCO2)C1. The highest BCUT2D eigenvalue weighted by molar-refractivity contribution is 5.81. The molecule has 2 aliphatic heterocycles. The molecule has 0 aromatic carbocycles. The van der Waals surface area contributed by atoms with Crippen molar-refractivity contribution in [3.8, 4) is 0 Å². The molecule has 5 nitrogen and oxygen atoms in total. The van der Waals surface area contributed by atoms with E-state index in [1.165, 1.54) is 0 Å². The van der Waals surface area contributed by atoms with E-state index in [9.17, 15) is 4.79 Å². The third-order valence-electron chi connectivity index (χ3n) is 4.52. The predicted octanol–water partition coefficient (Wildman–Crippen LogP) is 2.35. The summed E-state index contributed by atoms with van der Waals surface area (Å²) in [6.07, 6.45) is 7.78. The fourth-order valence-electron chi connectivity index (χ4n) is 3.44. The summed E-state index contributed by atoms with van der Waals surface area (Å²) in [5.41, 5.74) is 0. The smallest absolute Gasteiger partial charge is 0.251 e. The van der Waals surface area contributed by atoms with Crippen molar-refractivity contribution in [3.05, 3.63) is 18.2 Å². The van der Waals surface area contributed by atoms with Crippen LogP contribution in [0.4, 0.5) is 0 Å². The molecule has 5 heteroatoms. The molecular formula is C16H25N3O2. The number of carbonyl (C=O) groups is 1. The third-order valence-corrected chi connectivity index (χ3v) is 4.52. The first-order valence-corrected chi connectivity index (χ1v) is 8.10. The van der Waals surface area contributed by atoms with Gasteiger partial charge in [-0.25, -0.2) is 4.98 Å². The molecule has 0 N–H and O–H groups in total. The number of nitrogens with zero attached hydrogens (tertiary/aromatic N) is 3. The Balaban J connectivity index is 1.70. The molecule has 2 fully saturated rings. The van der Waals surface area contributed by atoms with Crippen molar-refractivity contribution in [1.29, 1.82) is 0 Å². The van der Waals surface area contributed by atoms with Gasteiger partial charge >= 0.3 is 0 Å². The van der Waals surface area contributed by atoms with Crippen LogP contribution in [0.5, 0.6) is 0 Å². The summed E-state index contributed by atoms with van der Waals surface area (Å²) in [5, 5.41) is 0. The third kappa shape index (κ3) is 2.98. The van der Waals surface area contributed by atoms with E-state index < -0.39 is 0 Å². The predicted molar refractivity (Wildman–Crippen MR) is 80.1 cm³/mol. The second-order valence-electron chi connectivity index (χ2n) is 6.43. The highest BCUT2D eigenvalue weighted by atomic mass is 16.5. The van der Waals surface area contributed by atoms with E-state index >= 15 is 0 Å². The first kappa shape index (κ1) is 14.6. The Hall–Kier alpha value is -1.36. The van der Waals surface area contributed by atoms with Crippen LogP contribution in [0.2, 0.25) is 0 Å². The van der Waals surface area contributed by atoms with Gasteiger partial charge < -0.3 is 14.2 Å². The molecule has 1 aromatic heterocycles. The van der Waals surface area contributed by atoms with Gasteiger partial charge in [0.25, 0.3) is 5.91 Å². The topological polar surface area (TPSA) is 47.4 Å². The van der Waals surface area contributed by atoms with Gasteiger partial charge in [-0.3, -0.25) is 4.79 Å². The molecule has 116 valence electrons. The van der Waals surface area contributed by atoms with Crippen LogP contribution in [0.3, 0.4) is 0 Å². The van der Waals surface area contributed by atoms with Crippen molar-refractivity contribution >= 4 is 5.91 Å². The number of hydrogen-bond acceptors (Lipinski definition) is 3. The fourth-order valence-corrected chi connectivity index (χ4v) is 3.44. The van der Waals surface area contributed by atoms with Crippen LogP contribution in [0, 0.1) is 0 Å². The molecular weight excluding hydrogens is 266 g/mol. The maximum atomic E-state index is 12.5. The van der Waals surface area contributed by atoms with Gasteiger partial charge in [0.2, 0.25) is 0 Å². The Morgan fingerprint density at radius 2 is 2.24 bits per heavy atom. The monoisotopic (exact) mass is 291 g/mol. The summed E-state index contributed by atoms with van der Waals surface area (Å²) in [6.45, 7) is 6.70. The van der Waals surface area contributed by atoms with Crippen molar-refractivity contribution in [2.24, 2.45) is 0 Å². The first-order chi connectivity index (χ1) is 10.2. The number of ether oxygens (including phenoxy) is 1. The van der Waals surface area contributed by atoms with E-state index in [1.54, 1.807) is 0 Å². The van der Waals surface area contributed by atoms with Gasteiger partial charge in [-0.05, 0) is 25.7 Å². The number of carbonyl (C=O) groups excluding carboxylic acids is 1. The maximum Gasteiger partial charge on any atom is 0.251 e. The molecule has 0 radical (unpaired) electrons. The molecule has 2 aliphatic rings. The standard InChI is InChI=1S/C16H25N3O2/c1-12(2)15-17-7-9-19(15)13-5-3-8-18(11-13)16(20)14-6-4-10-21-14/h7,9,12-14H,3-6,8,10-11H2,1-2H3/t13-,14+/m1/s1. The molecule has 2 saturated heterocycles. The van der Waals surface area contributed by atoms with Crippen molar-refractivity contribution in [2.75, 3.05) is 19.7 Å². The van der Waals surface area contributed by atoms with Gasteiger partial charge in [0.1, 0.15) is 11.9 Å². The molecule has 1 aromatic rings. The van der Waals surface area contributed by atoms with Crippen molar-refractivity contribution in [2.45, 2.75) is 57.6 Å². The molecule has 0 spiro atoms. The number of likely N-dealkylation sites (tertiary alicyclic amines) is 1. The Bertz CT molecular complexity index is 491. The summed E-state index contributed by atoms with van der Waals surface area (Å²) < 4.78 is 7.81. The quantitative estimate of drug-likeness (QED) is 0.859. The minimum atomic E-state index is -0.198. The van der Waals surface area contributed by atoms with E-state index in [1.807, 2.05) is 11.1 Å². The zero-order chi connectivity index (χ0) is 14.8. The maximum absolute atomic E-state index is 12.5. The summed E-state index contributed by atoms with van der Waals surface area (Å²) in [7, 11) is 0. The Kier molecular flexibility index (Phi) is 4.29. The molecule has 0 aliphatic carbocycles. The van der Waals surface area contributed by atoms with Gasteiger partial charge in [-0.15, -0.1) is 0 Å². The lowest BCUT2D eigenvalue weighted by molar-refractivity contribution is -0.142. The van der Waals surface area contributed by atoms with Crippen molar-refractivity contribution in [1.82, 2.24) is 14.5 Å². The summed E-state index contributed by atoms with van der Waals surface area (Å²) in [6, 6.07) is 0.351. The van der Waals surface area contributed by atoms with E-state index in [0.717, 1.165) is 51.2 Å². The second-order valence-corrected chi connectivity index (χ2v) is 6.43. The highest BCUT2D eigenvalue weighted by Crippen LogP contribution is 2.27. The fraction of sp³-hybridized carbons (Fsp3) is 0.750. The van der Waals surface area contributed by atoms with Gasteiger partial charge in [0.05, 0.1) is 6.04 Å². The van der Waals surface area contributed by atoms with Gasteiger partial charge in [-0.1, -0.05) is 13.8 Å². The lowest BCUT2D eigenvalue weighted by Gasteiger charge is -2.35. The van der Waals surface area contributed by atoms with Crippen LogP contribution >= 0.6 is 0 Å². The van der Waals surface area contributed by atoms with Crippen LogP contribution in [-0.2, 0) is 9.53 Å². The van der Waals surface area contributed by atoms with Crippen LogP contribution in [0.1, 0.15) is 57.3 Å². The molecule has 3 rings (SSSR count). The number of imidazole rings is 1. The number of hydrogen-bond donors (Lipinski definition) is 0. The van der Waals surface area contributed by atoms with Crippen LogP contribution in [-0.4, -0.2) is 46.2 Å². The Morgan fingerprint density at radius 3 is 2.95 bits per heavy atom. The molecule has 1 amide bonds. The number of rotatable bonds is 3. The second kappa shape index (κ2) is 6.18. The average molecular weight is 291 g/mol. The lowest BCUT2D eigenvalue weighted by atomic mass is 10.0. The number of amides is 1. The van der Waals surface area contributed by atoms with Gasteiger partial charge in [-0.2, -0.15) is 0 Å². The van der Waals surface area contributed by atoms with Gasteiger partial charge in [0.15, 0.2) is 0 Å². The normalized spacial score (nSPS) is 26.5. The number of piperidine rings is 1. The zero-order valence-corrected chi connectivity index (χ0v) is 13.0. The van der Waals surface area contributed by atoms with Crippen molar-refractivity contribution < 1.29 is 9.53 Å². The molecule has 0 saturated carbocycles. The van der Waals surface area contributed by atoms with Crippen LogP contribution in [0.25, 0.3) is 0 Å². The van der Waals surface area contributed by atoms with E-state index in [2.05, 4.69) is 29.6 Å². The average Bonchev–Trinajstić information content (AvgIpc) is 3.17. The Labute approximate surface area is 126 Å². The zero-order valence-electron chi connectivity index (χ0n) is 13.0. The van der Waals surface area contributed by atoms with Crippen molar-refractivity contribution in [3.63, 3.8) is 0 Å². The van der Waals surface area contributed by atoms with E-state index in [0.29, 0.717) is 12.0 Å². The Morgan fingerprint density at radius 1 is 1.38 bits per heavy atom. The molecule has 21 heavy (non-hydrogen) atoms. The first-order valence-electron chi connectivity index (χ1n) is 8.10. The summed E-state index contributed by atoms with van der Waals surface area (Å²) in [5.74, 6) is 1.71. The minimum absolute atomic E-state index is 0.184. The molecule has 3 heterocycles. The van der Waals surface area contributed by atoms with E-state index in [4.69, 9.17) is 4.74 Å². The van der Waals surface area contributed by atoms with Crippen LogP contribution in [0.15, 0.2) is 12.4 Å². The van der Waals surface area contributed by atoms with Crippen LogP contribution < -0.4 is 0 Å². The summed E-state index contributed by atoms with van der Waals surface area (Å²) in [4.78, 5) is 19.0. The highest BCUT2D eigenvalue weighted by Gasteiger charge is 2.32. The lowest BCUT2D eigenvalue weighted by Crippen LogP contribution is -2.45. The summed E-state index contributed by atoms with van der Waals surface area (Å²) >= 11 is 0. The molecule has 2 atom stereocenters. The number of aromatic nitrogens is 2. The molecule has 0 unspecified atom stereocenters.